The van der Waals surface area contributed by atoms with E-state index < -0.39 is 12.0 Å². The Labute approximate surface area is 123 Å². The van der Waals surface area contributed by atoms with Crippen LogP contribution in [-0.4, -0.2) is 17.1 Å². The minimum atomic E-state index is -0.996. The molecule has 106 valence electrons. The highest BCUT2D eigenvalue weighted by Gasteiger charge is 2.11. The van der Waals surface area contributed by atoms with Crippen molar-refractivity contribution in [2.75, 3.05) is 0 Å². The van der Waals surface area contributed by atoms with Crippen molar-refractivity contribution in [2.24, 2.45) is 5.73 Å². The highest BCUT2D eigenvalue weighted by molar-refractivity contribution is 5.85. The number of ether oxygens (including phenoxy) is 1. The molecule has 0 aliphatic rings. The first kappa shape index (κ1) is 16.0. The van der Waals surface area contributed by atoms with E-state index in [1.807, 2.05) is 42.5 Å². The van der Waals surface area contributed by atoms with Gasteiger partial charge in [0, 0.05) is 0 Å². The molecule has 0 unspecified atom stereocenters. The fraction of sp³-hybridized carbons (Fsp3) is 0.133. The SMILES string of the molecule is Cl.N[C@@H](Cc1ccc(Oc2ccccc2)cc1)C(=O)O. The molecule has 0 bridgehead atoms. The van der Waals surface area contributed by atoms with Crippen LogP contribution in [0.3, 0.4) is 0 Å². The van der Waals surface area contributed by atoms with E-state index in [4.69, 9.17) is 15.6 Å². The maximum absolute atomic E-state index is 10.7. The second-order valence-electron chi connectivity index (χ2n) is 4.21. The fourth-order valence-electron chi connectivity index (χ4n) is 1.66. The van der Waals surface area contributed by atoms with Gasteiger partial charge in [-0.2, -0.15) is 0 Å². The Morgan fingerprint density at radius 1 is 1.05 bits per heavy atom. The molecular weight excluding hydrogens is 278 g/mol. The topological polar surface area (TPSA) is 72.5 Å². The van der Waals surface area contributed by atoms with Gasteiger partial charge >= 0.3 is 5.97 Å². The number of hydrogen-bond donors (Lipinski definition) is 2. The maximum atomic E-state index is 10.7. The van der Waals surface area contributed by atoms with Gasteiger partial charge in [-0.1, -0.05) is 30.3 Å². The summed E-state index contributed by atoms with van der Waals surface area (Å²) in [5.41, 5.74) is 6.35. The van der Waals surface area contributed by atoms with Crippen LogP contribution in [0.5, 0.6) is 11.5 Å². The summed E-state index contributed by atoms with van der Waals surface area (Å²) in [6.45, 7) is 0. The van der Waals surface area contributed by atoms with Gasteiger partial charge in [-0.25, -0.2) is 0 Å². The predicted octanol–water partition coefficient (Wildman–Crippen LogP) is 2.86. The molecule has 2 aromatic carbocycles. The molecule has 4 nitrogen and oxygen atoms in total. The van der Waals surface area contributed by atoms with Gasteiger partial charge in [-0.3, -0.25) is 4.79 Å². The van der Waals surface area contributed by atoms with Gasteiger partial charge in [0.15, 0.2) is 0 Å². The molecular formula is C15H16ClNO3. The normalized spacial score (nSPS) is 11.2. The lowest BCUT2D eigenvalue weighted by atomic mass is 10.1. The fourth-order valence-corrected chi connectivity index (χ4v) is 1.66. The summed E-state index contributed by atoms with van der Waals surface area (Å²) in [5.74, 6) is 0.473. The second-order valence-corrected chi connectivity index (χ2v) is 4.21. The van der Waals surface area contributed by atoms with Gasteiger partial charge in [0.25, 0.3) is 0 Å². The average Bonchev–Trinajstić information content (AvgIpc) is 2.42. The van der Waals surface area contributed by atoms with E-state index in [1.165, 1.54) is 0 Å². The Balaban J connectivity index is 0.00000200. The van der Waals surface area contributed by atoms with Crippen molar-refractivity contribution < 1.29 is 14.6 Å². The Kier molecular flexibility index (Phi) is 6.03. The molecule has 0 aliphatic carbocycles. The molecule has 3 N–H and O–H groups in total. The lowest BCUT2D eigenvalue weighted by Crippen LogP contribution is -2.32. The van der Waals surface area contributed by atoms with Gasteiger partial charge in [0.05, 0.1) is 0 Å². The first-order chi connectivity index (χ1) is 9.15. The van der Waals surface area contributed by atoms with Crippen molar-refractivity contribution in [3.8, 4) is 11.5 Å². The largest absolute Gasteiger partial charge is 0.480 e. The van der Waals surface area contributed by atoms with Crippen LogP contribution in [0.2, 0.25) is 0 Å². The van der Waals surface area contributed by atoms with Crippen molar-refractivity contribution >= 4 is 18.4 Å². The number of aliphatic carboxylic acids is 1. The van der Waals surface area contributed by atoms with Crippen LogP contribution >= 0.6 is 12.4 Å². The molecule has 0 fully saturated rings. The first-order valence-corrected chi connectivity index (χ1v) is 5.95. The zero-order valence-electron chi connectivity index (χ0n) is 10.7. The molecule has 0 amide bonds. The number of hydrogen-bond acceptors (Lipinski definition) is 3. The number of carbonyl (C=O) groups is 1. The molecule has 0 radical (unpaired) electrons. The smallest absolute Gasteiger partial charge is 0.320 e. The third-order valence-corrected chi connectivity index (χ3v) is 2.68. The molecule has 0 heterocycles. The second kappa shape index (κ2) is 7.53. The third kappa shape index (κ3) is 4.57. The van der Waals surface area contributed by atoms with Crippen molar-refractivity contribution in [2.45, 2.75) is 12.5 Å². The van der Waals surface area contributed by atoms with Gasteiger partial charge in [0.1, 0.15) is 17.5 Å². The van der Waals surface area contributed by atoms with E-state index in [9.17, 15) is 4.79 Å². The van der Waals surface area contributed by atoms with Crippen LogP contribution in [0.15, 0.2) is 54.6 Å². The average molecular weight is 294 g/mol. The molecule has 0 aromatic heterocycles. The van der Waals surface area contributed by atoms with Crippen LogP contribution in [0, 0.1) is 0 Å². The lowest BCUT2D eigenvalue weighted by molar-refractivity contribution is -0.138. The Morgan fingerprint density at radius 3 is 2.15 bits per heavy atom. The molecule has 0 spiro atoms. The molecule has 2 aromatic rings. The van der Waals surface area contributed by atoms with E-state index in [0.717, 1.165) is 11.3 Å². The van der Waals surface area contributed by atoms with Gasteiger partial charge in [0.2, 0.25) is 0 Å². The van der Waals surface area contributed by atoms with Gasteiger partial charge in [-0.05, 0) is 36.2 Å². The minimum absolute atomic E-state index is 0. The van der Waals surface area contributed by atoms with Crippen molar-refractivity contribution in [3.63, 3.8) is 0 Å². The summed E-state index contributed by atoms with van der Waals surface area (Å²) in [6.07, 6.45) is 0.306. The number of nitrogens with two attached hydrogens (primary N) is 1. The standard InChI is InChI=1S/C15H15NO3.ClH/c16-14(15(17)18)10-11-6-8-13(9-7-11)19-12-4-2-1-3-5-12;/h1-9,14H,10,16H2,(H,17,18);1H/t14-;/m0./s1. The maximum Gasteiger partial charge on any atom is 0.320 e. The summed E-state index contributed by atoms with van der Waals surface area (Å²) < 4.78 is 5.64. The van der Waals surface area contributed by atoms with Gasteiger partial charge < -0.3 is 15.6 Å². The molecule has 0 saturated carbocycles. The number of carboxylic acids is 1. The minimum Gasteiger partial charge on any atom is -0.480 e. The molecule has 0 saturated heterocycles. The molecule has 1 atom stereocenters. The van der Waals surface area contributed by atoms with Crippen LogP contribution in [0.1, 0.15) is 5.56 Å². The van der Waals surface area contributed by atoms with E-state index in [0.29, 0.717) is 12.2 Å². The summed E-state index contributed by atoms with van der Waals surface area (Å²) in [5, 5.41) is 8.74. The highest BCUT2D eigenvalue weighted by Crippen LogP contribution is 2.21. The van der Waals surface area contributed by atoms with Crippen molar-refractivity contribution in [3.05, 3.63) is 60.2 Å². The van der Waals surface area contributed by atoms with Crippen molar-refractivity contribution in [1.82, 2.24) is 0 Å². The molecule has 2 rings (SSSR count). The van der Waals surface area contributed by atoms with E-state index in [1.54, 1.807) is 12.1 Å². The zero-order valence-corrected chi connectivity index (χ0v) is 11.5. The lowest BCUT2D eigenvalue weighted by Gasteiger charge is -2.08. The summed E-state index contributed by atoms with van der Waals surface area (Å²) in [4.78, 5) is 10.7. The third-order valence-electron chi connectivity index (χ3n) is 2.68. The molecule has 20 heavy (non-hydrogen) atoms. The number of rotatable bonds is 5. The Hall–Kier alpha value is -2.04. The number of para-hydroxylation sites is 1. The van der Waals surface area contributed by atoms with Crippen LogP contribution in [-0.2, 0) is 11.2 Å². The van der Waals surface area contributed by atoms with E-state index >= 15 is 0 Å². The van der Waals surface area contributed by atoms with Crippen LogP contribution < -0.4 is 10.5 Å². The predicted molar refractivity (Wildman–Crippen MR) is 79.5 cm³/mol. The number of halogens is 1. The first-order valence-electron chi connectivity index (χ1n) is 5.95. The number of carboxylic acid groups (broad SMARTS) is 1. The Bertz CT molecular complexity index is 543. The summed E-state index contributed by atoms with van der Waals surface area (Å²) in [6, 6.07) is 15.8. The highest BCUT2D eigenvalue weighted by atomic mass is 35.5. The van der Waals surface area contributed by atoms with Gasteiger partial charge in [-0.15, -0.1) is 12.4 Å². The van der Waals surface area contributed by atoms with Crippen molar-refractivity contribution in [1.29, 1.82) is 0 Å². The summed E-state index contributed by atoms with van der Waals surface area (Å²) in [7, 11) is 0. The summed E-state index contributed by atoms with van der Waals surface area (Å²) >= 11 is 0. The van der Waals surface area contributed by atoms with Crippen LogP contribution in [0.4, 0.5) is 0 Å². The zero-order chi connectivity index (χ0) is 13.7. The molecule has 0 aliphatic heterocycles. The van der Waals surface area contributed by atoms with E-state index in [2.05, 4.69) is 0 Å². The van der Waals surface area contributed by atoms with Crippen LogP contribution in [0.25, 0.3) is 0 Å². The quantitative estimate of drug-likeness (QED) is 0.889. The monoisotopic (exact) mass is 293 g/mol. The Morgan fingerprint density at radius 2 is 1.60 bits per heavy atom. The molecule has 5 heteroatoms. The number of benzene rings is 2. The van der Waals surface area contributed by atoms with E-state index in [-0.39, 0.29) is 12.4 Å².